The van der Waals surface area contributed by atoms with Gasteiger partial charge in [-0.2, -0.15) is 0 Å². The minimum atomic E-state index is -1.05. The molecule has 0 aromatic carbocycles. The third-order valence-electron chi connectivity index (χ3n) is 15.2. The Balaban J connectivity index is 1.49. The number of ether oxygens (including phenoxy) is 9. The fraction of sp³-hybridized carbons (Fsp3) is 0.851. The molecule has 0 fully saturated rings. The first-order chi connectivity index (χ1) is 44.3. The number of nitrogens with zero attached hydrogens (tertiary/aromatic N) is 9. The summed E-state index contributed by atoms with van der Waals surface area (Å²) in [5.74, 6) is -0.890. The summed E-state index contributed by atoms with van der Waals surface area (Å²) in [6.45, 7) is 35.2. The summed E-state index contributed by atoms with van der Waals surface area (Å²) in [6, 6.07) is 0. The molecule has 3 rings (SSSR count). The first-order valence-corrected chi connectivity index (χ1v) is 34.4. The molecule has 0 aliphatic carbocycles. The summed E-state index contributed by atoms with van der Waals surface area (Å²) in [4.78, 5) is 54.4. The average Bonchev–Trinajstić information content (AvgIpc) is 1.95. The van der Waals surface area contributed by atoms with Gasteiger partial charge in [-0.3, -0.25) is 19.2 Å². The van der Waals surface area contributed by atoms with Crippen molar-refractivity contribution in [3.05, 3.63) is 35.7 Å². The van der Waals surface area contributed by atoms with Gasteiger partial charge >= 0.3 is 0 Å². The highest BCUT2D eigenvalue weighted by molar-refractivity contribution is 5.80. The average molecular weight is 1320 g/mol. The molecule has 0 bridgehead atoms. The smallest absolute Gasteiger partial charge is 0.220 e. The van der Waals surface area contributed by atoms with E-state index in [9.17, 15) is 19.2 Å². The monoisotopic (exact) mass is 1320 g/mol. The van der Waals surface area contributed by atoms with Crippen molar-refractivity contribution in [2.24, 2.45) is 5.41 Å². The highest BCUT2D eigenvalue weighted by Gasteiger charge is 2.34. The van der Waals surface area contributed by atoms with E-state index in [0.29, 0.717) is 137 Å². The van der Waals surface area contributed by atoms with E-state index in [4.69, 9.17) is 42.6 Å². The van der Waals surface area contributed by atoms with Crippen LogP contribution in [0.25, 0.3) is 0 Å². The molecule has 0 saturated heterocycles. The molecule has 0 saturated carbocycles. The predicted molar refractivity (Wildman–Crippen MR) is 357 cm³/mol. The van der Waals surface area contributed by atoms with E-state index in [0.717, 1.165) is 36.3 Å². The molecule has 0 atom stereocenters. The zero-order valence-corrected chi connectivity index (χ0v) is 59.3. The van der Waals surface area contributed by atoms with Crippen molar-refractivity contribution in [1.29, 1.82) is 0 Å². The van der Waals surface area contributed by atoms with Crippen LogP contribution in [0.1, 0.15) is 203 Å². The Morgan fingerprint density at radius 3 is 0.882 bits per heavy atom. The molecule has 0 aliphatic rings. The lowest BCUT2D eigenvalue weighted by Crippen LogP contribution is -2.50. The zero-order chi connectivity index (χ0) is 68.1. The summed E-state index contributed by atoms with van der Waals surface area (Å²) in [5, 5.41) is 37.3. The van der Waals surface area contributed by atoms with Crippen molar-refractivity contribution in [3.63, 3.8) is 0 Å². The van der Waals surface area contributed by atoms with Gasteiger partial charge in [0.05, 0.1) is 156 Å². The lowest BCUT2D eigenvalue weighted by molar-refractivity contribution is -0.127. The number of hydrogen-bond donors (Lipinski definition) is 4. The Morgan fingerprint density at radius 1 is 0.333 bits per heavy atom. The first-order valence-electron chi connectivity index (χ1n) is 34.4. The van der Waals surface area contributed by atoms with E-state index >= 15 is 0 Å². The number of aromatic nitrogens is 9. The Kier molecular flexibility index (Phi) is 41.5. The van der Waals surface area contributed by atoms with Gasteiger partial charge in [-0.05, 0) is 37.5 Å². The molecule has 93 heavy (non-hydrogen) atoms. The predicted octanol–water partition coefficient (Wildman–Crippen LogP) is 7.39. The van der Waals surface area contributed by atoms with Crippen molar-refractivity contribution in [2.75, 3.05) is 139 Å². The van der Waals surface area contributed by atoms with Crippen LogP contribution in [0.5, 0.6) is 0 Å². The molecular weight excluding hydrogens is 1190 g/mol. The van der Waals surface area contributed by atoms with Gasteiger partial charge in [0.2, 0.25) is 23.6 Å². The summed E-state index contributed by atoms with van der Waals surface area (Å²) in [6.07, 6.45) is 16.8. The van der Waals surface area contributed by atoms with Crippen LogP contribution < -0.4 is 21.3 Å². The van der Waals surface area contributed by atoms with Crippen molar-refractivity contribution in [2.45, 2.75) is 227 Å². The Hall–Kier alpha value is -5.06. The van der Waals surface area contributed by atoms with Crippen LogP contribution in [0.2, 0.25) is 0 Å². The second kappa shape index (κ2) is 47.0. The van der Waals surface area contributed by atoms with Gasteiger partial charge in [-0.15, -0.1) is 15.3 Å². The Bertz CT molecular complexity index is 2210. The molecule has 26 heteroatoms. The molecule has 3 aromatic rings. The number of carbonyl (C=O) groups is 4. The fourth-order valence-electron chi connectivity index (χ4n) is 9.39. The number of carbonyl (C=O) groups excluding carboxylic acids is 4. The lowest BCUT2D eigenvalue weighted by Gasteiger charge is -2.35. The van der Waals surface area contributed by atoms with Crippen LogP contribution in [0, 0.1) is 5.41 Å². The second-order valence-corrected chi connectivity index (χ2v) is 28.1. The van der Waals surface area contributed by atoms with E-state index in [1.165, 1.54) is 32.1 Å². The highest BCUT2D eigenvalue weighted by Crippen LogP contribution is 2.28. The van der Waals surface area contributed by atoms with Crippen LogP contribution in [-0.2, 0) is 97.7 Å². The van der Waals surface area contributed by atoms with E-state index in [2.05, 4.69) is 135 Å². The van der Waals surface area contributed by atoms with Crippen molar-refractivity contribution in [1.82, 2.24) is 66.2 Å². The van der Waals surface area contributed by atoms with Crippen LogP contribution in [-0.4, -0.2) is 213 Å². The zero-order valence-electron chi connectivity index (χ0n) is 59.3. The minimum absolute atomic E-state index is 0.0456. The molecule has 4 amide bonds. The van der Waals surface area contributed by atoms with Crippen molar-refractivity contribution in [3.8, 4) is 0 Å². The van der Waals surface area contributed by atoms with Gasteiger partial charge in [0.1, 0.15) is 0 Å². The molecule has 0 spiro atoms. The van der Waals surface area contributed by atoms with Gasteiger partial charge in [-0.1, -0.05) is 144 Å². The van der Waals surface area contributed by atoms with E-state index in [1.807, 2.05) is 18.6 Å². The Morgan fingerprint density at radius 2 is 0.602 bits per heavy atom. The molecule has 534 valence electrons. The standard InChI is InChI=1S/C67H123N13O13/c1-63(2,3)25-20-18-16-14-13-15-17-19-21-62(84)71-67(26-22-59(81)68-29-35-85-41-47-91-50-44-88-38-32-78-53-56(72-75-78)64(4,5)6,27-23-60(82)69-30-36-86-42-48-92-51-45-89-39-33-79-54-57(73-76-79)65(7,8)9)28-24-61(83)70-31-37-87-43-49-93-52-46-90-40-34-80-55-58(74-77-80)66(10,11)12/h53-55H,13-52H2,1-12H3,(H,68,81)(H,69,82)(H,70,83)(H,71,84). The fourth-order valence-corrected chi connectivity index (χ4v) is 9.39. The molecule has 4 N–H and O–H groups in total. The van der Waals surface area contributed by atoms with Gasteiger partial charge in [0.15, 0.2) is 0 Å². The maximum Gasteiger partial charge on any atom is 0.220 e. The maximum absolute atomic E-state index is 14.0. The molecule has 0 radical (unpaired) electrons. The normalized spacial score (nSPS) is 12.4. The first kappa shape index (κ1) is 82.2. The summed E-state index contributed by atoms with van der Waals surface area (Å²) in [5.41, 5.74) is 1.90. The van der Waals surface area contributed by atoms with E-state index in [-0.39, 0.29) is 118 Å². The molecule has 0 aliphatic heterocycles. The number of nitrogens with one attached hydrogen (secondary N) is 4. The van der Waals surface area contributed by atoms with E-state index in [1.54, 1.807) is 14.0 Å². The maximum atomic E-state index is 14.0. The number of amides is 4. The van der Waals surface area contributed by atoms with Gasteiger partial charge in [-0.25, -0.2) is 14.0 Å². The SMILES string of the molecule is CC(C)(C)CCCCCCCCCCC(=O)NC(CCC(=O)NCCOCCOCCOCCn1cc(C(C)(C)C)nn1)(CCC(=O)NCCOCCOCCOCCn1cc(C(C)(C)C)nn1)CCC(=O)NCCOCCOCCOCCn1cc(C(C)(C)C)nn1. The third kappa shape index (κ3) is 42.2. The highest BCUT2D eigenvalue weighted by atomic mass is 16.6. The molecule has 26 nitrogen and oxygen atoms in total. The van der Waals surface area contributed by atoms with Crippen molar-refractivity contribution < 1.29 is 61.8 Å². The summed E-state index contributed by atoms with van der Waals surface area (Å²) in [7, 11) is 0. The third-order valence-corrected chi connectivity index (χ3v) is 15.2. The van der Waals surface area contributed by atoms with Gasteiger partial charge < -0.3 is 63.9 Å². The minimum Gasteiger partial charge on any atom is -0.377 e. The van der Waals surface area contributed by atoms with Crippen LogP contribution in [0.3, 0.4) is 0 Å². The van der Waals surface area contributed by atoms with Gasteiger partial charge in [0, 0.05) is 85.7 Å². The largest absolute Gasteiger partial charge is 0.377 e. The summed E-state index contributed by atoms with van der Waals surface area (Å²) < 4.78 is 56.6. The topological polar surface area (TPSA) is 292 Å². The van der Waals surface area contributed by atoms with Gasteiger partial charge in [0.25, 0.3) is 0 Å². The number of unbranched alkanes of at least 4 members (excludes halogenated alkanes) is 7. The van der Waals surface area contributed by atoms with E-state index < -0.39 is 5.54 Å². The quantitative estimate of drug-likeness (QED) is 0.0400. The summed E-state index contributed by atoms with van der Waals surface area (Å²) >= 11 is 0. The molecular formula is C67H123N13O13. The van der Waals surface area contributed by atoms with Crippen LogP contribution in [0.15, 0.2) is 18.6 Å². The molecule has 0 unspecified atom stereocenters. The number of rotatable bonds is 56. The molecule has 3 aromatic heterocycles. The van der Waals surface area contributed by atoms with Crippen LogP contribution in [0.4, 0.5) is 0 Å². The number of hydrogen-bond acceptors (Lipinski definition) is 19. The second-order valence-electron chi connectivity index (χ2n) is 28.1. The lowest BCUT2D eigenvalue weighted by atomic mass is 9.82. The molecule has 3 heterocycles. The van der Waals surface area contributed by atoms with Crippen LogP contribution >= 0.6 is 0 Å². The Labute approximate surface area is 556 Å². The van der Waals surface area contributed by atoms with Crippen molar-refractivity contribution >= 4 is 23.6 Å².